The van der Waals surface area contributed by atoms with Crippen LogP contribution in [0, 0.1) is 0 Å². The number of ether oxygens (including phenoxy) is 6. The highest BCUT2D eigenvalue weighted by Crippen LogP contribution is 2.33. The van der Waals surface area contributed by atoms with Gasteiger partial charge in [-0.15, -0.1) is 0 Å². The molecular weight excluding hydrogens is 1140 g/mol. The van der Waals surface area contributed by atoms with E-state index in [1.165, 1.54) is 199 Å². The quantitative estimate of drug-likeness (QED) is 0.0199. The number of carbonyl (C=O) groups is 1. The first kappa shape index (κ1) is 81.5. The van der Waals surface area contributed by atoms with Gasteiger partial charge in [-0.1, -0.05) is 256 Å². The van der Waals surface area contributed by atoms with E-state index in [0.29, 0.717) is 12.8 Å². The molecule has 1 amide bonds. The molecule has 3 rings (SSSR count). The molecule has 0 radical (unpaired) electrons. The molecule has 524 valence electrons. The number of hydrogen-bond acceptors (Lipinski definition) is 18. The van der Waals surface area contributed by atoms with Crippen molar-refractivity contribution in [2.45, 2.75) is 388 Å². The molecule has 0 aromatic carbocycles. The summed E-state index contributed by atoms with van der Waals surface area (Å²) < 4.78 is 34.4. The van der Waals surface area contributed by atoms with E-state index in [1.54, 1.807) is 0 Å². The lowest BCUT2D eigenvalue weighted by Crippen LogP contribution is -2.66. The van der Waals surface area contributed by atoms with Gasteiger partial charge in [0.25, 0.3) is 0 Å². The fraction of sp³-hybridized carbons (Fsp3) is 0.929. The first-order chi connectivity index (χ1) is 43.3. The van der Waals surface area contributed by atoms with Crippen LogP contribution in [0.3, 0.4) is 0 Å². The average Bonchev–Trinajstić information content (AvgIpc) is 2.44. The monoisotopic (exact) mass is 1270 g/mol. The number of rotatable bonds is 56. The highest BCUT2D eigenvalue weighted by molar-refractivity contribution is 5.76. The van der Waals surface area contributed by atoms with Crippen LogP contribution in [0.25, 0.3) is 0 Å². The number of nitrogens with one attached hydrogen (secondary N) is 1. The largest absolute Gasteiger partial charge is 0.394 e. The van der Waals surface area contributed by atoms with Crippen molar-refractivity contribution >= 4 is 5.91 Å². The Bertz CT molecular complexity index is 1710. The molecule has 0 aliphatic carbocycles. The zero-order valence-corrected chi connectivity index (χ0v) is 55.4. The van der Waals surface area contributed by atoms with Crippen LogP contribution < -0.4 is 5.32 Å². The Balaban J connectivity index is 1.41. The second-order valence-corrected chi connectivity index (χ2v) is 26.1. The lowest BCUT2D eigenvalue weighted by Gasteiger charge is -2.48. The molecule has 0 spiro atoms. The number of allylic oxidation sites excluding steroid dienone is 4. The van der Waals surface area contributed by atoms with Crippen molar-refractivity contribution in [1.82, 2.24) is 5.32 Å². The van der Waals surface area contributed by atoms with Crippen LogP contribution in [0.15, 0.2) is 24.3 Å². The van der Waals surface area contributed by atoms with Crippen molar-refractivity contribution in [2.24, 2.45) is 0 Å². The molecule has 3 heterocycles. The summed E-state index contributed by atoms with van der Waals surface area (Å²) >= 11 is 0. The fourth-order valence-corrected chi connectivity index (χ4v) is 12.4. The number of aliphatic hydroxyl groups is 11. The Labute approximate surface area is 537 Å². The number of amides is 1. The maximum atomic E-state index is 13.4. The summed E-state index contributed by atoms with van der Waals surface area (Å²) in [6, 6.07) is -0.886. The van der Waals surface area contributed by atoms with Gasteiger partial charge in [0.15, 0.2) is 18.9 Å². The summed E-state index contributed by atoms with van der Waals surface area (Å²) in [5.41, 5.74) is 0. The molecule has 3 aliphatic heterocycles. The Morgan fingerprint density at radius 3 is 1.15 bits per heavy atom. The Morgan fingerprint density at radius 2 is 0.742 bits per heavy atom. The normalized spacial score (nSPS) is 28.3. The minimum absolute atomic E-state index is 0.240. The van der Waals surface area contributed by atoms with Gasteiger partial charge in [-0.05, 0) is 44.9 Å². The molecule has 19 heteroatoms. The number of unbranched alkanes of at least 4 members (excludes halogenated alkanes) is 36. The third-order valence-corrected chi connectivity index (χ3v) is 18.3. The molecule has 3 aliphatic rings. The van der Waals surface area contributed by atoms with Gasteiger partial charge in [-0.25, -0.2) is 0 Å². The molecule has 19 nitrogen and oxygen atoms in total. The van der Waals surface area contributed by atoms with E-state index in [0.717, 1.165) is 51.4 Å². The molecule has 0 bridgehead atoms. The Hall–Kier alpha value is -1.73. The highest BCUT2D eigenvalue weighted by Gasteiger charge is 2.53. The van der Waals surface area contributed by atoms with Crippen LogP contribution in [-0.4, -0.2) is 193 Å². The van der Waals surface area contributed by atoms with Crippen LogP contribution in [-0.2, 0) is 33.2 Å². The van der Waals surface area contributed by atoms with Gasteiger partial charge in [-0.3, -0.25) is 4.79 Å². The predicted molar refractivity (Wildman–Crippen MR) is 346 cm³/mol. The number of carbonyl (C=O) groups excluding carboxylic acids is 1. The van der Waals surface area contributed by atoms with E-state index in [-0.39, 0.29) is 18.9 Å². The van der Waals surface area contributed by atoms with Crippen molar-refractivity contribution in [3.05, 3.63) is 24.3 Å². The SMILES string of the molecule is CCCCCCC/C=C\C/C=C\CCCCCCCCCCCCCCCC(=O)NC(COC1OC(CO)C(OC2OC(CO)C(OC3OC(CO)C(O)C(O)C3O)C(O)C2O)C(O)C1O)C(O)CCCCCCCCCCCCCCCCCCCCC. The van der Waals surface area contributed by atoms with E-state index in [2.05, 4.69) is 43.5 Å². The minimum Gasteiger partial charge on any atom is -0.394 e. The summed E-state index contributed by atoms with van der Waals surface area (Å²) in [4.78, 5) is 13.4. The van der Waals surface area contributed by atoms with Crippen molar-refractivity contribution in [3.63, 3.8) is 0 Å². The Kier molecular flexibility index (Phi) is 48.1. The van der Waals surface area contributed by atoms with Gasteiger partial charge < -0.3 is 89.9 Å². The van der Waals surface area contributed by atoms with Gasteiger partial charge in [0.1, 0.15) is 73.2 Å². The summed E-state index contributed by atoms with van der Waals surface area (Å²) in [6.07, 6.45) is 32.5. The molecule has 89 heavy (non-hydrogen) atoms. The second kappa shape index (κ2) is 52.5. The maximum Gasteiger partial charge on any atom is 0.220 e. The molecule has 0 saturated carbocycles. The third kappa shape index (κ3) is 34.5. The van der Waals surface area contributed by atoms with Crippen molar-refractivity contribution in [2.75, 3.05) is 26.4 Å². The summed E-state index contributed by atoms with van der Waals surface area (Å²) in [6.45, 7) is 1.82. The molecule has 12 N–H and O–H groups in total. The van der Waals surface area contributed by atoms with E-state index >= 15 is 0 Å². The second-order valence-electron chi connectivity index (χ2n) is 26.1. The predicted octanol–water partition coefficient (Wildman–Crippen LogP) is 9.83. The van der Waals surface area contributed by atoms with Crippen LogP contribution in [0.2, 0.25) is 0 Å². The zero-order valence-electron chi connectivity index (χ0n) is 55.4. The highest BCUT2D eigenvalue weighted by atomic mass is 16.8. The summed E-state index contributed by atoms with van der Waals surface area (Å²) in [7, 11) is 0. The molecule has 17 atom stereocenters. The van der Waals surface area contributed by atoms with Crippen LogP contribution in [0.1, 0.15) is 284 Å². The topological polar surface area (TPSA) is 307 Å². The van der Waals surface area contributed by atoms with Gasteiger partial charge in [0, 0.05) is 6.42 Å². The molecule has 0 aromatic rings. The van der Waals surface area contributed by atoms with Gasteiger partial charge in [0.05, 0.1) is 38.6 Å². The maximum absolute atomic E-state index is 13.4. The third-order valence-electron chi connectivity index (χ3n) is 18.3. The molecule has 3 fully saturated rings. The van der Waals surface area contributed by atoms with Crippen molar-refractivity contribution in [1.29, 1.82) is 0 Å². The van der Waals surface area contributed by atoms with Crippen molar-refractivity contribution < 1.29 is 89.4 Å². The van der Waals surface area contributed by atoms with E-state index in [1.807, 2.05) is 0 Å². The summed E-state index contributed by atoms with van der Waals surface area (Å²) in [5.74, 6) is -0.240. The zero-order chi connectivity index (χ0) is 64.7. The molecular formula is C70H131NO18. The number of aliphatic hydroxyl groups excluding tert-OH is 11. The first-order valence-corrected chi connectivity index (χ1v) is 36.1. The van der Waals surface area contributed by atoms with Crippen LogP contribution >= 0.6 is 0 Å². The first-order valence-electron chi connectivity index (χ1n) is 36.1. The van der Waals surface area contributed by atoms with Gasteiger partial charge in [-0.2, -0.15) is 0 Å². The van der Waals surface area contributed by atoms with E-state index in [4.69, 9.17) is 28.4 Å². The van der Waals surface area contributed by atoms with Gasteiger partial charge in [0.2, 0.25) is 5.91 Å². The standard InChI is InChI=1S/C70H131NO18/c1-3-5-7-9-11-13-15-17-19-21-23-24-25-26-27-28-30-32-34-36-38-40-42-44-46-48-58(76)71-53(54(75)47-45-43-41-39-37-35-33-31-29-22-20-18-16-14-12-10-8-6-4-2)52-84-68-64(82)61(79)66(56(50-73)86-68)89-70-65(83)62(80)67(57(51-74)87-70)88-69-63(81)60(78)59(77)55(49-72)85-69/h15,17,21,23,53-57,59-70,72-75,77-83H,3-14,16,18-20,22,24-52H2,1-2H3,(H,71,76)/b17-15-,23-21-. The minimum atomic E-state index is -1.97. The summed E-state index contributed by atoms with van der Waals surface area (Å²) in [5, 5.41) is 121. The lowest BCUT2D eigenvalue weighted by atomic mass is 9.96. The fourth-order valence-electron chi connectivity index (χ4n) is 12.4. The van der Waals surface area contributed by atoms with Gasteiger partial charge >= 0.3 is 0 Å². The lowest BCUT2D eigenvalue weighted by molar-refractivity contribution is -0.379. The molecule has 3 saturated heterocycles. The molecule has 17 unspecified atom stereocenters. The van der Waals surface area contributed by atoms with E-state index in [9.17, 15) is 61.0 Å². The smallest absolute Gasteiger partial charge is 0.220 e. The van der Waals surface area contributed by atoms with Crippen LogP contribution in [0.4, 0.5) is 0 Å². The van der Waals surface area contributed by atoms with E-state index < -0.39 is 124 Å². The average molecular weight is 1270 g/mol. The molecule has 0 aromatic heterocycles. The number of hydrogen-bond donors (Lipinski definition) is 12. The Morgan fingerprint density at radius 1 is 0.404 bits per heavy atom. The van der Waals surface area contributed by atoms with Crippen LogP contribution in [0.5, 0.6) is 0 Å². The van der Waals surface area contributed by atoms with Crippen molar-refractivity contribution in [3.8, 4) is 0 Å².